The van der Waals surface area contributed by atoms with Gasteiger partial charge in [-0.1, -0.05) is 57.6 Å². The van der Waals surface area contributed by atoms with Crippen molar-refractivity contribution in [2.75, 3.05) is 14.2 Å². The molecule has 0 unspecified atom stereocenters. The fourth-order valence-electron chi connectivity index (χ4n) is 3.44. The molecule has 0 aromatic carbocycles. The van der Waals surface area contributed by atoms with Crippen LogP contribution in [-0.4, -0.2) is 53.7 Å². The lowest BCUT2D eigenvalue weighted by atomic mass is 9.83. The second-order valence-corrected chi connectivity index (χ2v) is 8.07. The van der Waals surface area contributed by atoms with Crippen LogP contribution in [0.2, 0.25) is 0 Å². The zero-order valence-electron chi connectivity index (χ0n) is 19.8. The molecule has 2 N–H and O–H groups in total. The maximum atomic E-state index is 12.0. The summed E-state index contributed by atoms with van der Waals surface area (Å²) in [6.45, 7) is 2.17. The van der Waals surface area contributed by atoms with E-state index in [4.69, 9.17) is 0 Å². The first kappa shape index (κ1) is 29.8. The van der Waals surface area contributed by atoms with Crippen molar-refractivity contribution < 1.29 is 38.9 Å². The molecule has 8 heteroatoms. The molecule has 0 aromatic heterocycles. The summed E-state index contributed by atoms with van der Waals surface area (Å²) in [5, 5.41) is 20.1. The summed E-state index contributed by atoms with van der Waals surface area (Å²) in [5.41, 5.74) is -2.55. The van der Waals surface area contributed by atoms with Gasteiger partial charge in [0, 0.05) is 12.8 Å². The average Bonchev–Trinajstić information content (AvgIpc) is 2.76. The third-order valence-electron chi connectivity index (χ3n) is 5.43. The summed E-state index contributed by atoms with van der Waals surface area (Å²) in [6, 6.07) is 0. The van der Waals surface area contributed by atoms with Gasteiger partial charge in [0.2, 0.25) is 0 Å². The monoisotopic (exact) mass is 456 g/mol. The predicted molar refractivity (Wildman–Crippen MR) is 120 cm³/mol. The third-order valence-corrected chi connectivity index (χ3v) is 5.43. The Labute approximate surface area is 191 Å². The van der Waals surface area contributed by atoms with Crippen molar-refractivity contribution in [3.05, 3.63) is 12.2 Å². The molecule has 0 aliphatic carbocycles. The SMILES string of the molecule is CCCCCCCC(=O)CCCCCC/C=C/[C@H](C(=O)O)[C@@](O)(CC(=O)OC)C(=O)OC. The Kier molecular flexibility index (Phi) is 16.1. The topological polar surface area (TPSA) is 127 Å². The highest BCUT2D eigenvalue weighted by Gasteiger charge is 2.49. The smallest absolute Gasteiger partial charge is 0.339 e. The molecule has 8 nitrogen and oxygen atoms in total. The number of aliphatic carboxylic acids is 1. The van der Waals surface area contributed by atoms with Gasteiger partial charge in [-0.3, -0.25) is 14.4 Å². The highest BCUT2D eigenvalue weighted by Crippen LogP contribution is 2.26. The number of aliphatic hydroxyl groups is 1. The van der Waals surface area contributed by atoms with Gasteiger partial charge in [0.1, 0.15) is 11.7 Å². The minimum absolute atomic E-state index is 0.318. The summed E-state index contributed by atoms with van der Waals surface area (Å²) in [6.07, 6.45) is 12.9. The van der Waals surface area contributed by atoms with Gasteiger partial charge in [0.05, 0.1) is 20.6 Å². The molecule has 0 rings (SSSR count). The Balaban J connectivity index is 4.39. The highest BCUT2D eigenvalue weighted by atomic mass is 16.5. The quantitative estimate of drug-likeness (QED) is 0.170. The highest BCUT2D eigenvalue weighted by molar-refractivity contribution is 5.91. The van der Waals surface area contributed by atoms with Crippen LogP contribution in [0.25, 0.3) is 0 Å². The van der Waals surface area contributed by atoms with E-state index in [9.17, 15) is 29.4 Å². The van der Waals surface area contributed by atoms with Crippen LogP contribution in [0.5, 0.6) is 0 Å². The van der Waals surface area contributed by atoms with Gasteiger partial charge >= 0.3 is 17.9 Å². The molecule has 184 valence electrons. The summed E-state index contributed by atoms with van der Waals surface area (Å²) in [5.74, 6) is -4.92. The van der Waals surface area contributed by atoms with Gasteiger partial charge in [-0.2, -0.15) is 0 Å². The van der Waals surface area contributed by atoms with E-state index >= 15 is 0 Å². The molecule has 0 spiro atoms. The number of carboxylic acids is 1. The minimum atomic E-state index is -2.55. The molecule has 2 atom stereocenters. The molecule has 0 radical (unpaired) electrons. The number of methoxy groups -OCH3 is 2. The molecule has 0 fully saturated rings. The Morgan fingerprint density at radius 3 is 1.94 bits per heavy atom. The standard InChI is InChI=1S/C24H40O8/c1-4-5-6-9-12-15-19(25)16-13-10-7-8-11-14-17-20(22(27)28)24(30,23(29)32-3)18-21(26)31-2/h14,17,20,30H,4-13,15-16,18H2,1-3H3,(H,27,28)/b17-14+/t20-,24+/m1/s1. The summed E-state index contributed by atoms with van der Waals surface area (Å²) < 4.78 is 8.96. The first-order chi connectivity index (χ1) is 15.2. The fourth-order valence-corrected chi connectivity index (χ4v) is 3.44. The molecule has 0 aliphatic rings. The van der Waals surface area contributed by atoms with Crippen LogP contribution in [0.4, 0.5) is 0 Å². The molecule has 32 heavy (non-hydrogen) atoms. The number of ketones is 1. The number of ether oxygens (including phenoxy) is 2. The number of unbranched alkanes of at least 4 members (excludes halogenated alkanes) is 8. The van der Waals surface area contributed by atoms with Crippen LogP contribution in [0.15, 0.2) is 12.2 Å². The van der Waals surface area contributed by atoms with Gasteiger partial charge < -0.3 is 19.7 Å². The summed E-state index contributed by atoms with van der Waals surface area (Å²) >= 11 is 0. The number of Topliss-reactive ketones (excluding diaryl/α,β-unsaturated/α-hetero) is 1. The minimum Gasteiger partial charge on any atom is -0.481 e. The molecule has 0 aliphatic heterocycles. The predicted octanol–water partition coefficient (Wildman–Crippen LogP) is 3.98. The zero-order valence-corrected chi connectivity index (χ0v) is 19.8. The van der Waals surface area contributed by atoms with E-state index in [1.807, 2.05) is 0 Å². The Hall–Kier alpha value is -2.22. The van der Waals surface area contributed by atoms with Crippen LogP contribution in [0.1, 0.15) is 90.4 Å². The van der Waals surface area contributed by atoms with E-state index in [0.717, 1.165) is 52.7 Å². The van der Waals surface area contributed by atoms with Crippen molar-refractivity contribution >= 4 is 23.7 Å². The lowest BCUT2D eigenvalue weighted by Gasteiger charge is -2.28. The number of hydrogen-bond donors (Lipinski definition) is 2. The van der Waals surface area contributed by atoms with Gasteiger partial charge in [-0.15, -0.1) is 0 Å². The average molecular weight is 457 g/mol. The summed E-state index contributed by atoms with van der Waals surface area (Å²) in [7, 11) is 2.08. The molecule has 0 saturated heterocycles. The molecule has 0 aromatic rings. The van der Waals surface area contributed by atoms with Gasteiger partial charge in [0.15, 0.2) is 5.60 Å². The third kappa shape index (κ3) is 12.0. The Morgan fingerprint density at radius 2 is 1.44 bits per heavy atom. The number of carboxylic acid groups (broad SMARTS) is 1. The van der Waals surface area contributed by atoms with E-state index in [1.165, 1.54) is 25.3 Å². The van der Waals surface area contributed by atoms with Crippen molar-refractivity contribution in [2.45, 2.75) is 96.0 Å². The first-order valence-electron chi connectivity index (χ1n) is 11.5. The molecule has 0 bridgehead atoms. The van der Waals surface area contributed by atoms with Crippen LogP contribution >= 0.6 is 0 Å². The number of allylic oxidation sites excluding steroid dienone is 1. The van der Waals surface area contributed by atoms with Gasteiger partial charge in [-0.05, 0) is 25.7 Å². The van der Waals surface area contributed by atoms with Gasteiger partial charge in [-0.25, -0.2) is 4.79 Å². The maximum Gasteiger partial charge on any atom is 0.339 e. The number of carbonyl (C=O) groups excluding carboxylic acids is 3. The van der Waals surface area contributed by atoms with Crippen molar-refractivity contribution in [1.82, 2.24) is 0 Å². The van der Waals surface area contributed by atoms with Crippen LogP contribution in [0.3, 0.4) is 0 Å². The van der Waals surface area contributed by atoms with Crippen molar-refractivity contribution in [3.8, 4) is 0 Å². The van der Waals surface area contributed by atoms with Crippen LogP contribution in [-0.2, 0) is 28.7 Å². The van der Waals surface area contributed by atoms with E-state index in [0.29, 0.717) is 25.0 Å². The van der Waals surface area contributed by atoms with E-state index in [-0.39, 0.29) is 0 Å². The zero-order chi connectivity index (χ0) is 24.4. The largest absolute Gasteiger partial charge is 0.481 e. The normalized spacial score (nSPS) is 14.0. The van der Waals surface area contributed by atoms with Crippen molar-refractivity contribution in [2.24, 2.45) is 5.92 Å². The Morgan fingerprint density at radius 1 is 0.875 bits per heavy atom. The molecule has 0 heterocycles. The molecule has 0 amide bonds. The number of carbonyl (C=O) groups is 4. The molecular weight excluding hydrogens is 416 g/mol. The van der Waals surface area contributed by atoms with E-state index in [2.05, 4.69) is 16.4 Å². The fraction of sp³-hybridized carbons (Fsp3) is 0.750. The van der Waals surface area contributed by atoms with Crippen molar-refractivity contribution in [3.63, 3.8) is 0 Å². The lowest BCUT2D eigenvalue weighted by molar-refractivity contribution is -0.179. The van der Waals surface area contributed by atoms with Crippen LogP contribution in [0, 0.1) is 5.92 Å². The molecule has 0 saturated carbocycles. The number of rotatable bonds is 19. The van der Waals surface area contributed by atoms with Crippen LogP contribution < -0.4 is 0 Å². The van der Waals surface area contributed by atoms with Crippen molar-refractivity contribution in [1.29, 1.82) is 0 Å². The maximum absolute atomic E-state index is 12.0. The Bertz CT molecular complexity index is 613. The first-order valence-corrected chi connectivity index (χ1v) is 11.5. The number of esters is 2. The summed E-state index contributed by atoms with van der Waals surface area (Å²) in [4.78, 5) is 47.1. The second kappa shape index (κ2) is 17.3. The van der Waals surface area contributed by atoms with E-state index < -0.39 is 35.8 Å². The lowest BCUT2D eigenvalue weighted by Crippen LogP contribution is -2.50. The van der Waals surface area contributed by atoms with Gasteiger partial charge in [0.25, 0.3) is 0 Å². The number of hydrogen-bond acceptors (Lipinski definition) is 7. The van der Waals surface area contributed by atoms with E-state index in [1.54, 1.807) is 6.08 Å². The second-order valence-electron chi connectivity index (χ2n) is 8.07. The molecular formula is C24H40O8.